The van der Waals surface area contributed by atoms with Crippen molar-refractivity contribution >= 4 is 17.7 Å². The highest BCUT2D eigenvalue weighted by atomic mass is 16.2. The molecular formula is C14H25N3O3. The Morgan fingerprint density at radius 1 is 1.10 bits per heavy atom. The van der Waals surface area contributed by atoms with Crippen LogP contribution in [0.4, 0.5) is 0 Å². The van der Waals surface area contributed by atoms with Gasteiger partial charge in [0.25, 0.3) is 0 Å². The highest BCUT2D eigenvalue weighted by Crippen LogP contribution is 2.04. The van der Waals surface area contributed by atoms with Crippen LogP contribution in [-0.2, 0) is 14.4 Å². The lowest BCUT2D eigenvalue weighted by Gasteiger charge is -2.23. The predicted molar refractivity (Wildman–Crippen MR) is 77.6 cm³/mol. The molecular weight excluding hydrogens is 258 g/mol. The topological polar surface area (TPSA) is 101 Å². The lowest BCUT2D eigenvalue weighted by Crippen LogP contribution is -2.54. The van der Waals surface area contributed by atoms with Crippen molar-refractivity contribution in [1.29, 1.82) is 0 Å². The Labute approximate surface area is 120 Å². The van der Waals surface area contributed by atoms with Crippen molar-refractivity contribution in [3.05, 3.63) is 11.6 Å². The molecule has 0 aliphatic rings. The van der Waals surface area contributed by atoms with Crippen molar-refractivity contribution in [2.45, 2.75) is 53.1 Å². The van der Waals surface area contributed by atoms with Gasteiger partial charge in [0.05, 0.1) is 0 Å². The number of amides is 3. The van der Waals surface area contributed by atoms with Crippen LogP contribution in [0.1, 0.15) is 41.0 Å². The molecule has 6 heteroatoms. The second-order valence-corrected chi connectivity index (χ2v) is 5.40. The Bertz CT molecular complexity index is 398. The summed E-state index contributed by atoms with van der Waals surface area (Å²) in [6.45, 7) is 8.77. The molecule has 0 saturated carbocycles. The molecule has 3 amide bonds. The summed E-state index contributed by atoms with van der Waals surface area (Å²) in [4.78, 5) is 34.6. The highest BCUT2D eigenvalue weighted by Gasteiger charge is 2.26. The molecule has 20 heavy (non-hydrogen) atoms. The number of rotatable bonds is 7. The Kier molecular flexibility index (Phi) is 7.57. The molecule has 0 rings (SSSR count). The minimum atomic E-state index is -0.771. The summed E-state index contributed by atoms with van der Waals surface area (Å²) in [6, 6.07) is -1.45. The minimum Gasteiger partial charge on any atom is -0.368 e. The molecule has 0 unspecified atom stereocenters. The zero-order chi connectivity index (χ0) is 15.9. The highest BCUT2D eigenvalue weighted by molar-refractivity contribution is 5.91. The van der Waals surface area contributed by atoms with E-state index < -0.39 is 23.9 Å². The van der Waals surface area contributed by atoms with Gasteiger partial charge < -0.3 is 16.4 Å². The minimum absolute atomic E-state index is 0.0871. The number of nitrogens with two attached hydrogens (primary N) is 1. The van der Waals surface area contributed by atoms with E-state index in [2.05, 4.69) is 10.6 Å². The van der Waals surface area contributed by atoms with Crippen molar-refractivity contribution in [1.82, 2.24) is 10.6 Å². The Balaban J connectivity index is 4.83. The van der Waals surface area contributed by atoms with Gasteiger partial charge in [-0.3, -0.25) is 14.4 Å². The van der Waals surface area contributed by atoms with Crippen LogP contribution in [-0.4, -0.2) is 29.8 Å². The van der Waals surface area contributed by atoms with Crippen LogP contribution in [0.2, 0.25) is 0 Å². The number of hydrogen-bond donors (Lipinski definition) is 3. The van der Waals surface area contributed by atoms with Crippen molar-refractivity contribution in [2.24, 2.45) is 11.7 Å². The number of carbonyl (C=O) groups is 3. The van der Waals surface area contributed by atoms with Crippen molar-refractivity contribution in [2.75, 3.05) is 0 Å². The van der Waals surface area contributed by atoms with E-state index in [1.54, 1.807) is 0 Å². The van der Waals surface area contributed by atoms with Crippen LogP contribution in [0.25, 0.3) is 0 Å². The lowest BCUT2D eigenvalue weighted by molar-refractivity contribution is -0.131. The average molecular weight is 283 g/mol. The number of primary amides is 1. The summed E-state index contributed by atoms with van der Waals surface area (Å²) in [5.41, 5.74) is 6.31. The van der Waals surface area contributed by atoms with Gasteiger partial charge in [-0.05, 0) is 26.2 Å². The van der Waals surface area contributed by atoms with E-state index in [4.69, 9.17) is 5.73 Å². The summed E-state index contributed by atoms with van der Waals surface area (Å²) < 4.78 is 0. The maximum atomic E-state index is 12.1. The van der Waals surface area contributed by atoms with Gasteiger partial charge in [-0.25, -0.2) is 0 Å². The first-order valence-corrected chi connectivity index (χ1v) is 6.65. The molecule has 0 aliphatic heterocycles. The zero-order valence-electron chi connectivity index (χ0n) is 12.8. The lowest BCUT2D eigenvalue weighted by atomic mass is 10.0. The molecule has 0 heterocycles. The van der Waals surface area contributed by atoms with Crippen molar-refractivity contribution in [3.63, 3.8) is 0 Å². The monoisotopic (exact) mass is 283 g/mol. The molecule has 114 valence electrons. The van der Waals surface area contributed by atoms with E-state index in [0.29, 0.717) is 6.42 Å². The quantitative estimate of drug-likeness (QED) is 0.592. The molecule has 0 radical (unpaired) electrons. The van der Waals surface area contributed by atoms with Gasteiger partial charge in [0, 0.05) is 6.92 Å². The molecule has 0 aromatic carbocycles. The normalized spacial score (nSPS) is 13.3. The fraction of sp³-hybridized carbons (Fsp3) is 0.643. The largest absolute Gasteiger partial charge is 0.368 e. The zero-order valence-corrected chi connectivity index (χ0v) is 12.8. The second-order valence-electron chi connectivity index (χ2n) is 5.40. The molecule has 0 aromatic heterocycles. The van der Waals surface area contributed by atoms with Crippen LogP contribution in [0.3, 0.4) is 0 Å². The summed E-state index contributed by atoms with van der Waals surface area (Å²) in [5.74, 6) is -1.38. The van der Waals surface area contributed by atoms with Gasteiger partial charge in [0.1, 0.15) is 12.1 Å². The predicted octanol–water partition coefficient (Wildman–Crippen LogP) is 0.473. The van der Waals surface area contributed by atoms with Crippen LogP contribution in [0.5, 0.6) is 0 Å². The van der Waals surface area contributed by atoms with Crippen LogP contribution < -0.4 is 16.4 Å². The number of nitrogens with one attached hydrogen (secondary N) is 2. The summed E-state index contributed by atoms with van der Waals surface area (Å²) in [7, 11) is 0. The first-order chi connectivity index (χ1) is 9.15. The van der Waals surface area contributed by atoms with Gasteiger partial charge >= 0.3 is 0 Å². The third-order valence-electron chi connectivity index (χ3n) is 2.73. The van der Waals surface area contributed by atoms with E-state index >= 15 is 0 Å². The molecule has 0 aromatic rings. The van der Waals surface area contributed by atoms with Gasteiger partial charge in [0.2, 0.25) is 17.7 Å². The standard InChI is InChI=1S/C14H25N3O3/c1-8(2)6-7-11(13(15)19)17-14(20)12(9(3)4)16-10(5)18/h6,9,11-12H,7H2,1-5H3,(H2,15,19)(H,16,18)(H,17,20)/t11-,12-/m1/s1. The Morgan fingerprint density at radius 3 is 2.00 bits per heavy atom. The van der Waals surface area contributed by atoms with Gasteiger partial charge in [-0.1, -0.05) is 25.5 Å². The number of carbonyl (C=O) groups excluding carboxylic acids is 3. The molecule has 2 atom stereocenters. The molecule has 0 saturated heterocycles. The van der Waals surface area contributed by atoms with Crippen LogP contribution in [0.15, 0.2) is 11.6 Å². The summed E-state index contributed by atoms with van der Waals surface area (Å²) >= 11 is 0. The smallest absolute Gasteiger partial charge is 0.243 e. The van der Waals surface area contributed by atoms with Crippen LogP contribution >= 0.6 is 0 Å². The molecule has 0 fully saturated rings. The van der Waals surface area contributed by atoms with Gasteiger partial charge in [-0.15, -0.1) is 0 Å². The van der Waals surface area contributed by atoms with Gasteiger partial charge in [0.15, 0.2) is 0 Å². The molecule has 6 nitrogen and oxygen atoms in total. The Hall–Kier alpha value is -1.85. The van der Waals surface area contributed by atoms with Crippen LogP contribution in [0, 0.1) is 5.92 Å². The molecule has 0 bridgehead atoms. The van der Waals surface area contributed by atoms with E-state index in [1.165, 1.54) is 6.92 Å². The first-order valence-electron chi connectivity index (χ1n) is 6.65. The van der Waals surface area contributed by atoms with Crippen molar-refractivity contribution in [3.8, 4) is 0 Å². The van der Waals surface area contributed by atoms with E-state index in [1.807, 2.05) is 33.8 Å². The maximum Gasteiger partial charge on any atom is 0.243 e. The number of allylic oxidation sites excluding steroid dienone is 1. The van der Waals surface area contributed by atoms with Gasteiger partial charge in [-0.2, -0.15) is 0 Å². The fourth-order valence-corrected chi connectivity index (χ4v) is 1.62. The van der Waals surface area contributed by atoms with E-state index in [9.17, 15) is 14.4 Å². The average Bonchev–Trinajstić information content (AvgIpc) is 2.29. The first kappa shape index (κ1) is 18.1. The van der Waals surface area contributed by atoms with Crippen molar-refractivity contribution < 1.29 is 14.4 Å². The molecule has 0 spiro atoms. The maximum absolute atomic E-state index is 12.1. The summed E-state index contributed by atoms with van der Waals surface area (Å²) in [6.07, 6.45) is 2.17. The molecule has 4 N–H and O–H groups in total. The van der Waals surface area contributed by atoms with E-state index in [0.717, 1.165) is 5.57 Å². The fourth-order valence-electron chi connectivity index (χ4n) is 1.62. The SMILES string of the molecule is CC(=O)N[C@@H](C(=O)N[C@H](CC=C(C)C)C(N)=O)C(C)C. The summed E-state index contributed by atoms with van der Waals surface area (Å²) in [5, 5.41) is 5.16. The second kappa shape index (κ2) is 8.35. The number of hydrogen-bond acceptors (Lipinski definition) is 3. The van der Waals surface area contributed by atoms with E-state index in [-0.39, 0.29) is 11.8 Å². The molecule has 0 aliphatic carbocycles. The third-order valence-corrected chi connectivity index (χ3v) is 2.73. The third kappa shape index (κ3) is 6.92. The Morgan fingerprint density at radius 2 is 1.65 bits per heavy atom.